The van der Waals surface area contributed by atoms with Crippen molar-refractivity contribution in [2.75, 3.05) is 24.6 Å². The SMILES string of the molecule is C=CC(=O)OCCNC(=O)C(C#N)=C1Sc2ccccc2N1CCCC. The fourth-order valence-corrected chi connectivity index (χ4v) is 3.60. The van der Waals surface area contributed by atoms with Crippen molar-refractivity contribution in [3.05, 3.63) is 47.5 Å². The molecule has 6 nitrogen and oxygen atoms in total. The number of unbranched alkanes of at least 4 members (excludes halogenated alkanes) is 1. The Morgan fingerprint density at radius 1 is 1.42 bits per heavy atom. The summed E-state index contributed by atoms with van der Waals surface area (Å²) in [6, 6.07) is 9.88. The number of nitriles is 1. The average molecular weight is 371 g/mol. The van der Waals surface area contributed by atoms with Gasteiger partial charge in [0.05, 0.1) is 12.2 Å². The molecule has 1 aliphatic rings. The summed E-state index contributed by atoms with van der Waals surface area (Å²) in [4.78, 5) is 26.5. The van der Waals surface area contributed by atoms with E-state index < -0.39 is 11.9 Å². The summed E-state index contributed by atoms with van der Waals surface area (Å²) >= 11 is 1.43. The van der Waals surface area contributed by atoms with Gasteiger partial charge < -0.3 is 15.0 Å². The molecule has 0 aliphatic carbocycles. The van der Waals surface area contributed by atoms with E-state index in [0.29, 0.717) is 5.03 Å². The molecule has 0 spiro atoms. The summed E-state index contributed by atoms with van der Waals surface area (Å²) in [5.74, 6) is -1.02. The molecule has 26 heavy (non-hydrogen) atoms. The normalized spacial score (nSPS) is 14.2. The van der Waals surface area contributed by atoms with E-state index in [2.05, 4.69) is 18.8 Å². The Labute approximate surface area is 157 Å². The number of fused-ring (bicyclic) bond motifs is 1. The summed E-state index contributed by atoms with van der Waals surface area (Å²) in [7, 11) is 0. The molecule has 0 bridgehead atoms. The molecule has 0 radical (unpaired) electrons. The number of benzene rings is 1. The highest BCUT2D eigenvalue weighted by Crippen LogP contribution is 2.47. The molecule has 2 rings (SSSR count). The van der Waals surface area contributed by atoms with Crippen molar-refractivity contribution in [2.45, 2.75) is 24.7 Å². The van der Waals surface area contributed by atoms with Gasteiger partial charge in [-0.25, -0.2) is 4.79 Å². The van der Waals surface area contributed by atoms with Crippen LogP contribution in [0.15, 0.2) is 52.4 Å². The van der Waals surface area contributed by atoms with Crippen LogP contribution in [-0.2, 0) is 14.3 Å². The minimum atomic E-state index is -0.550. The lowest BCUT2D eigenvalue weighted by Crippen LogP contribution is -2.31. The summed E-state index contributed by atoms with van der Waals surface area (Å²) < 4.78 is 4.82. The third-order valence-electron chi connectivity index (χ3n) is 3.69. The van der Waals surface area contributed by atoms with Crippen LogP contribution in [0.25, 0.3) is 0 Å². The number of para-hydroxylation sites is 1. The highest BCUT2D eigenvalue weighted by Gasteiger charge is 2.29. The molecule has 7 heteroatoms. The number of hydrogen-bond donors (Lipinski definition) is 1. The summed E-state index contributed by atoms with van der Waals surface area (Å²) in [6.45, 7) is 6.29. The lowest BCUT2D eigenvalue weighted by atomic mass is 10.2. The second-order valence-electron chi connectivity index (χ2n) is 5.49. The van der Waals surface area contributed by atoms with Crippen LogP contribution >= 0.6 is 11.8 Å². The number of nitrogens with one attached hydrogen (secondary N) is 1. The number of carbonyl (C=O) groups is 2. The van der Waals surface area contributed by atoms with E-state index in [9.17, 15) is 14.9 Å². The fourth-order valence-electron chi connectivity index (χ4n) is 2.42. The van der Waals surface area contributed by atoms with Crippen LogP contribution < -0.4 is 10.2 Å². The van der Waals surface area contributed by atoms with Crippen molar-refractivity contribution in [2.24, 2.45) is 0 Å². The predicted octanol–water partition coefficient (Wildman–Crippen LogP) is 2.98. The number of carbonyl (C=O) groups excluding carboxylic acids is 2. The maximum absolute atomic E-state index is 12.5. The molecule has 1 N–H and O–H groups in total. The number of thioether (sulfide) groups is 1. The molecule has 0 aromatic heterocycles. The van der Waals surface area contributed by atoms with Gasteiger partial charge in [0.2, 0.25) is 0 Å². The molecule has 0 saturated heterocycles. The Bertz CT molecular complexity index is 768. The summed E-state index contributed by atoms with van der Waals surface area (Å²) in [6.07, 6.45) is 3.03. The summed E-state index contributed by atoms with van der Waals surface area (Å²) in [5, 5.41) is 12.8. The van der Waals surface area contributed by atoms with E-state index in [1.165, 1.54) is 11.8 Å². The van der Waals surface area contributed by atoms with Gasteiger partial charge in [0.1, 0.15) is 23.3 Å². The minimum Gasteiger partial charge on any atom is -0.461 e. The van der Waals surface area contributed by atoms with E-state index in [-0.39, 0.29) is 18.7 Å². The third-order valence-corrected chi connectivity index (χ3v) is 4.88. The van der Waals surface area contributed by atoms with Crippen molar-refractivity contribution >= 4 is 29.3 Å². The highest BCUT2D eigenvalue weighted by molar-refractivity contribution is 8.03. The van der Waals surface area contributed by atoms with Crippen LogP contribution in [0, 0.1) is 11.3 Å². The predicted molar refractivity (Wildman–Crippen MR) is 101 cm³/mol. The van der Waals surface area contributed by atoms with E-state index in [0.717, 1.165) is 36.0 Å². The van der Waals surface area contributed by atoms with E-state index in [4.69, 9.17) is 4.74 Å². The van der Waals surface area contributed by atoms with Gasteiger partial charge in [-0.1, -0.05) is 43.8 Å². The topological polar surface area (TPSA) is 82.4 Å². The molecular weight excluding hydrogens is 350 g/mol. The van der Waals surface area contributed by atoms with Gasteiger partial charge >= 0.3 is 5.97 Å². The quantitative estimate of drug-likeness (QED) is 0.327. The largest absolute Gasteiger partial charge is 0.461 e. The highest BCUT2D eigenvalue weighted by atomic mass is 32.2. The van der Waals surface area contributed by atoms with Crippen molar-refractivity contribution in [1.29, 1.82) is 5.26 Å². The molecular formula is C19H21N3O3S. The number of rotatable bonds is 8. The number of nitrogens with zero attached hydrogens (tertiary/aromatic N) is 2. The molecule has 0 unspecified atom stereocenters. The molecule has 1 aromatic carbocycles. The molecule has 1 aliphatic heterocycles. The van der Waals surface area contributed by atoms with Gasteiger partial charge in [-0.05, 0) is 18.6 Å². The number of anilines is 1. The second-order valence-corrected chi connectivity index (χ2v) is 6.53. The number of hydrogen-bond acceptors (Lipinski definition) is 6. The zero-order chi connectivity index (χ0) is 18.9. The lowest BCUT2D eigenvalue weighted by Gasteiger charge is -2.21. The Balaban J connectivity index is 2.15. The number of esters is 1. The molecule has 1 aromatic rings. The zero-order valence-corrected chi connectivity index (χ0v) is 15.5. The van der Waals surface area contributed by atoms with Crippen molar-refractivity contribution in [1.82, 2.24) is 5.32 Å². The van der Waals surface area contributed by atoms with E-state index in [1.54, 1.807) is 0 Å². The van der Waals surface area contributed by atoms with Crippen molar-refractivity contribution in [3.63, 3.8) is 0 Å². The minimum absolute atomic E-state index is 0.0253. The van der Waals surface area contributed by atoms with Gasteiger partial charge in [-0.2, -0.15) is 5.26 Å². The monoisotopic (exact) mass is 371 g/mol. The molecule has 0 saturated carbocycles. The van der Waals surface area contributed by atoms with Gasteiger partial charge in [-0.3, -0.25) is 4.79 Å². The Morgan fingerprint density at radius 3 is 2.88 bits per heavy atom. The van der Waals surface area contributed by atoms with Gasteiger partial charge in [0, 0.05) is 17.5 Å². The molecule has 1 amide bonds. The Kier molecular flexibility index (Phi) is 7.30. The van der Waals surface area contributed by atoms with Gasteiger partial charge in [-0.15, -0.1) is 0 Å². The van der Waals surface area contributed by atoms with E-state index in [1.807, 2.05) is 35.2 Å². The molecule has 136 valence electrons. The molecule has 0 fully saturated rings. The van der Waals surface area contributed by atoms with Crippen molar-refractivity contribution in [3.8, 4) is 6.07 Å². The molecule has 0 atom stereocenters. The maximum Gasteiger partial charge on any atom is 0.330 e. The van der Waals surface area contributed by atoms with Crippen LogP contribution in [0.1, 0.15) is 19.8 Å². The number of ether oxygens (including phenoxy) is 1. The second kappa shape index (κ2) is 9.68. The first-order valence-corrected chi connectivity index (χ1v) is 9.20. The maximum atomic E-state index is 12.5. The van der Waals surface area contributed by atoms with Crippen LogP contribution in [0.2, 0.25) is 0 Å². The first-order valence-electron chi connectivity index (χ1n) is 8.38. The average Bonchev–Trinajstić information content (AvgIpc) is 3.02. The Hall–Kier alpha value is -2.72. The van der Waals surface area contributed by atoms with Crippen LogP contribution in [0.3, 0.4) is 0 Å². The van der Waals surface area contributed by atoms with Crippen molar-refractivity contribution < 1.29 is 14.3 Å². The number of amides is 1. The van der Waals surface area contributed by atoms with Crippen LogP contribution in [0.5, 0.6) is 0 Å². The van der Waals surface area contributed by atoms with Crippen LogP contribution in [-0.4, -0.2) is 31.6 Å². The molecule has 1 heterocycles. The Morgan fingerprint density at radius 2 is 2.19 bits per heavy atom. The van der Waals surface area contributed by atoms with Gasteiger partial charge in [0.15, 0.2) is 0 Å². The van der Waals surface area contributed by atoms with Gasteiger partial charge in [0.25, 0.3) is 5.91 Å². The standard InChI is InChI=1S/C19H21N3O3S/c1-3-5-11-22-15-8-6-7-9-16(15)26-19(22)14(13-20)18(24)21-10-12-25-17(23)4-2/h4,6-9H,2-3,5,10-12H2,1H3,(H,21,24). The lowest BCUT2D eigenvalue weighted by molar-refractivity contribution is -0.138. The first-order chi connectivity index (χ1) is 12.6. The third kappa shape index (κ3) is 4.67. The fraction of sp³-hybridized carbons (Fsp3) is 0.316. The smallest absolute Gasteiger partial charge is 0.330 e. The summed E-state index contributed by atoms with van der Waals surface area (Å²) in [5.41, 5.74) is 1.08. The van der Waals surface area contributed by atoms with Crippen LogP contribution in [0.4, 0.5) is 5.69 Å². The zero-order valence-electron chi connectivity index (χ0n) is 14.7. The first kappa shape index (κ1) is 19.6. The van der Waals surface area contributed by atoms with E-state index >= 15 is 0 Å².